The van der Waals surface area contributed by atoms with Crippen molar-refractivity contribution in [2.75, 3.05) is 62.3 Å². The zero-order valence-corrected chi connectivity index (χ0v) is 22.1. The van der Waals surface area contributed by atoms with Crippen molar-refractivity contribution in [1.82, 2.24) is 14.9 Å². The van der Waals surface area contributed by atoms with Crippen molar-refractivity contribution in [1.29, 1.82) is 0 Å². The van der Waals surface area contributed by atoms with Gasteiger partial charge in [-0.1, -0.05) is 24.3 Å². The second-order valence-electron chi connectivity index (χ2n) is 11.3. The summed E-state index contributed by atoms with van der Waals surface area (Å²) in [6.07, 6.45) is 6.75. The van der Waals surface area contributed by atoms with Gasteiger partial charge < -0.3 is 24.4 Å². The highest BCUT2D eigenvalue weighted by Crippen LogP contribution is 2.40. The van der Waals surface area contributed by atoms with Crippen molar-refractivity contribution in [2.45, 2.75) is 50.6 Å². The first-order valence-corrected chi connectivity index (χ1v) is 14.3. The van der Waals surface area contributed by atoms with Crippen molar-refractivity contribution in [3.8, 4) is 11.8 Å². The lowest BCUT2D eigenvalue weighted by atomic mass is 9.95. The second kappa shape index (κ2) is 9.89. The molecular formula is C30H37N5O3. The fraction of sp³-hybridized carbons (Fsp3) is 0.533. The number of hydrogen-bond donors (Lipinski definition) is 1. The Labute approximate surface area is 224 Å². The first kappa shape index (κ1) is 24.0. The summed E-state index contributed by atoms with van der Waals surface area (Å²) < 4.78 is 12.2. The van der Waals surface area contributed by atoms with Gasteiger partial charge in [0, 0.05) is 48.9 Å². The van der Waals surface area contributed by atoms with Crippen LogP contribution in [0.4, 0.5) is 11.5 Å². The quantitative estimate of drug-likeness (QED) is 0.544. The van der Waals surface area contributed by atoms with E-state index >= 15 is 0 Å². The summed E-state index contributed by atoms with van der Waals surface area (Å²) in [5.74, 6) is 1.31. The highest BCUT2D eigenvalue weighted by Gasteiger charge is 2.45. The van der Waals surface area contributed by atoms with Crippen molar-refractivity contribution >= 4 is 22.3 Å². The summed E-state index contributed by atoms with van der Waals surface area (Å²) in [7, 11) is 0. The molecular weight excluding hydrogens is 478 g/mol. The molecule has 3 aromatic rings. The number of anilines is 2. The zero-order chi connectivity index (χ0) is 25.5. The van der Waals surface area contributed by atoms with E-state index in [4.69, 9.17) is 19.4 Å². The largest absolute Gasteiger partial charge is 0.508 e. The van der Waals surface area contributed by atoms with E-state index in [-0.39, 0.29) is 5.54 Å². The van der Waals surface area contributed by atoms with Gasteiger partial charge in [-0.05, 0) is 63.1 Å². The summed E-state index contributed by atoms with van der Waals surface area (Å²) in [5, 5.41) is 12.7. The van der Waals surface area contributed by atoms with E-state index in [0.717, 1.165) is 67.1 Å². The van der Waals surface area contributed by atoms with Crippen LogP contribution in [-0.2, 0) is 17.7 Å². The van der Waals surface area contributed by atoms with Gasteiger partial charge in [0.05, 0.1) is 24.4 Å². The van der Waals surface area contributed by atoms with Crippen LogP contribution < -0.4 is 14.5 Å². The number of phenolic OH excluding ortho intramolecular Hbond substituents is 1. The fourth-order valence-corrected chi connectivity index (χ4v) is 7.07. The SMILES string of the molecule is Oc1cc(N2CCc3c(nc(OCC45CCCN4CCC5)nc3N3CCCOCC3)C2)c2ccccc2c1. The first-order valence-electron chi connectivity index (χ1n) is 14.3. The fourth-order valence-electron chi connectivity index (χ4n) is 7.07. The van der Waals surface area contributed by atoms with E-state index < -0.39 is 0 Å². The Hall–Kier alpha value is -3.10. The molecule has 0 saturated carbocycles. The van der Waals surface area contributed by atoms with E-state index in [0.29, 0.717) is 31.5 Å². The lowest BCUT2D eigenvalue weighted by Crippen LogP contribution is -2.43. The molecule has 0 spiro atoms. The van der Waals surface area contributed by atoms with Gasteiger partial charge in [-0.3, -0.25) is 4.90 Å². The molecule has 0 aliphatic carbocycles. The molecule has 8 nitrogen and oxygen atoms in total. The van der Waals surface area contributed by atoms with E-state index in [9.17, 15) is 5.11 Å². The van der Waals surface area contributed by atoms with Crippen LogP contribution in [0.15, 0.2) is 36.4 Å². The first-order chi connectivity index (χ1) is 18.7. The molecule has 5 heterocycles. The van der Waals surface area contributed by atoms with Crippen LogP contribution in [-0.4, -0.2) is 78.1 Å². The Kier molecular flexibility index (Phi) is 6.24. The van der Waals surface area contributed by atoms with Crippen LogP contribution in [0.5, 0.6) is 11.8 Å². The van der Waals surface area contributed by atoms with E-state index in [2.05, 4.69) is 32.9 Å². The van der Waals surface area contributed by atoms with Crippen LogP contribution in [0.25, 0.3) is 10.8 Å². The van der Waals surface area contributed by atoms with Gasteiger partial charge in [-0.2, -0.15) is 9.97 Å². The molecule has 0 radical (unpaired) electrons. The van der Waals surface area contributed by atoms with Gasteiger partial charge in [0.25, 0.3) is 0 Å². The van der Waals surface area contributed by atoms with E-state index in [1.54, 1.807) is 0 Å². The molecule has 2 aromatic carbocycles. The summed E-state index contributed by atoms with van der Waals surface area (Å²) in [4.78, 5) is 17.4. The lowest BCUT2D eigenvalue weighted by molar-refractivity contribution is 0.107. The van der Waals surface area contributed by atoms with E-state index in [1.165, 1.54) is 44.3 Å². The second-order valence-corrected chi connectivity index (χ2v) is 11.3. The standard InChI is InChI=1S/C30H37N5O3/c36-23-18-22-6-1-2-7-24(22)27(19-23)34-14-8-25-26(20-34)31-29(32-28(25)33-11-5-16-37-17-15-33)38-21-30-9-3-12-35(30)13-4-10-30/h1-2,6-7,18-19,36H,3-5,8-17,20-21H2. The van der Waals surface area contributed by atoms with Gasteiger partial charge >= 0.3 is 6.01 Å². The molecule has 200 valence electrons. The molecule has 3 saturated heterocycles. The molecule has 4 aliphatic rings. The number of rotatable bonds is 5. The number of fused-ring (bicyclic) bond motifs is 3. The number of ether oxygens (including phenoxy) is 2. The predicted molar refractivity (Wildman–Crippen MR) is 148 cm³/mol. The maximum atomic E-state index is 10.5. The topological polar surface area (TPSA) is 74.2 Å². The Balaban J connectivity index is 1.23. The van der Waals surface area contributed by atoms with Gasteiger partial charge in [-0.15, -0.1) is 0 Å². The summed E-state index contributed by atoms with van der Waals surface area (Å²) in [5.41, 5.74) is 3.45. The third kappa shape index (κ3) is 4.33. The smallest absolute Gasteiger partial charge is 0.318 e. The molecule has 0 amide bonds. The van der Waals surface area contributed by atoms with Gasteiger partial charge in [-0.25, -0.2) is 0 Å². The minimum absolute atomic E-state index is 0.155. The molecule has 8 heteroatoms. The molecule has 3 fully saturated rings. The van der Waals surface area contributed by atoms with Crippen LogP contribution in [0, 0.1) is 0 Å². The number of aromatic hydroxyl groups is 1. The lowest BCUT2D eigenvalue weighted by Gasteiger charge is -2.34. The maximum Gasteiger partial charge on any atom is 0.318 e. The van der Waals surface area contributed by atoms with Crippen molar-refractivity contribution in [3.05, 3.63) is 47.7 Å². The zero-order valence-electron chi connectivity index (χ0n) is 22.1. The van der Waals surface area contributed by atoms with Crippen molar-refractivity contribution in [2.24, 2.45) is 0 Å². The van der Waals surface area contributed by atoms with Gasteiger partial charge in [0.1, 0.15) is 18.2 Å². The molecule has 1 aromatic heterocycles. The summed E-state index contributed by atoms with van der Waals surface area (Å²) >= 11 is 0. The van der Waals surface area contributed by atoms with Crippen LogP contribution >= 0.6 is 0 Å². The summed E-state index contributed by atoms with van der Waals surface area (Å²) in [6.45, 7) is 7.81. The van der Waals surface area contributed by atoms with Gasteiger partial charge in [0.2, 0.25) is 0 Å². The Bertz CT molecular complexity index is 1310. The monoisotopic (exact) mass is 515 g/mol. The number of aromatic nitrogens is 2. The molecule has 7 rings (SSSR count). The van der Waals surface area contributed by atoms with Crippen molar-refractivity contribution < 1.29 is 14.6 Å². The average molecular weight is 516 g/mol. The predicted octanol–water partition coefficient (Wildman–Crippen LogP) is 4.13. The number of phenols is 1. The highest BCUT2D eigenvalue weighted by molar-refractivity contribution is 5.95. The normalized spacial score (nSPS) is 21.4. The average Bonchev–Trinajstić information content (AvgIpc) is 3.40. The number of nitrogens with zero attached hydrogens (tertiary/aromatic N) is 5. The maximum absolute atomic E-state index is 10.5. The van der Waals surface area contributed by atoms with E-state index in [1.807, 2.05) is 18.2 Å². The Morgan fingerprint density at radius 3 is 2.68 bits per heavy atom. The number of hydrogen-bond acceptors (Lipinski definition) is 8. The number of benzene rings is 2. The third-order valence-electron chi connectivity index (χ3n) is 8.99. The molecule has 38 heavy (non-hydrogen) atoms. The molecule has 1 N–H and O–H groups in total. The Morgan fingerprint density at radius 1 is 0.921 bits per heavy atom. The minimum atomic E-state index is 0.155. The molecule has 4 aliphatic heterocycles. The molecule has 0 atom stereocenters. The van der Waals surface area contributed by atoms with Crippen LogP contribution in [0.3, 0.4) is 0 Å². The Morgan fingerprint density at radius 2 is 1.79 bits per heavy atom. The highest BCUT2D eigenvalue weighted by atomic mass is 16.5. The minimum Gasteiger partial charge on any atom is -0.508 e. The van der Waals surface area contributed by atoms with Crippen molar-refractivity contribution in [3.63, 3.8) is 0 Å². The van der Waals surface area contributed by atoms with Crippen LogP contribution in [0.2, 0.25) is 0 Å². The third-order valence-corrected chi connectivity index (χ3v) is 8.99. The molecule has 0 unspecified atom stereocenters. The molecule has 0 bridgehead atoms. The van der Waals surface area contributed by atoms with Crippen LogP contribution in [0.1, 0.15) is 43.4 Å². The summed E-state index contributed by atoms with van der Waals surface area (Å²) in [6, 6.07) is 12.5. The van der Waals surface area contributed by atoms with Gasteiger partial charge in [0.15, 0.2) is 0 Å².